The van der Waals surface area contributed by atoms with E-state index in [4.69, 9.17) is 9.40 Å². The number of rotatable bonds is 2. The fourth-order valence-electron chi connectivity index (χ4n) is 5.12. The summed E-state index contributed by atoms with van der Waals surface area (Å²) in [5.41, 5.74) is 10.1. The molecule has 0 radical (unpaired) electrons. The maximum Gasteiger partial charge on any atom is 0.144 e. The van der Waals surface area contributed by atoms with Crippen LogP contribution in [0, 0.1) is 13.8 Å². The summed E-state index contributed by atoms with van der Waals surface area (Å²) >= 11 is 1.77. The smallest absolute Gasteiger partial charge is 0.144 e. The average molecular weight is 462 g/mol. The van der Waals surface area contributed by atoms with E-state index in [0.29, 0.717) is 0 Å². The summed E-state index contributed by atoms with van der Waals surface area (Å²) in [6, 6.07) is 21.7. The van der Waals surface area contributed by atoms with Crippen molar-refractivity contribution in [3.63, 3.8) is 0 Å². The largest absolute Gasteiger partial charge is 0.455 e. The Hall–Kier alpha value is -3.43. The van der Waals surface area contributed by atoms with Crippen LogP contribution >= 0.6 is 11.3 Å². The van der Waals surface area contributed by atoms with Gasteiger partial charge in [0, 0.05) is 32.8 Å². The number of pyridine rings is 1. The Morgan fingerprint density at radius 1 is 0.824 bits per heavy atom. The van der Waals surface area contributed by atoms with E-state index >= 15 is 0 Å². The Balaban J connectivity index is 1.60. The van der Waals surface area contributed by atoms with Crippen LogP contribution in [0.5, 0.6) is 0 Å². The van der Waals surface area contributed by atoms with Crippen molar-refractivity contribution in [2.45, 2.75) is 40.0 Å². The molecule has 0 aliphatic rings. The topological polar surface area (TPSA) is 26.0 Å². The number of aromatic nitrogens is 1. The molecule has 3 aromatic carbocycles. The van der Waals surface area contributed by atoms with Gasteiger partial charge in [0.05, 0.1) is 5.69 Å². The molecule has 2 nitrogen and oxygen atoms in total. The van der Waals surface area contributed by atoms with Crippen LogP contribution in [0.3, 0.4) is 0 Å². The number of furan rings is 1. The first-order chi connectivity index (χ1) is 16.3. The van der Waals surface area contributed by atoms with Gasteiger partial charge >= 0.3 is 0 Å². The van der Waals surface area contributed by atoms with Gasteiger partial charge in [-0.15, -0.1) is 11.3 Å². The lowest BCUT2D eigenvalue weighted by atomic mass is 9.80. The van der Waals surface area contributed by atoms with Crippen LogP contribution in [-0.2, 0) is 5.41 Å². The van der Waals surface area contributed by atoms with Crippen molar-refractivity contribution in [1.29, 1.82) is 0 Å². The van der Waals surface area contributed by atoms with Gasteiger partial charge in [0.25, 0.3) is 0 Å². The third-order valence-corrected chi connectivity index (χ3v) is 7.69. The first kappa shape index (κ1) is 21.1. The molecule has 0 saturated carbocycles. The lowest BCUT2D eigenvalue weighted by molar-refractivity contribution is 0.591. The van der Waals surface area contributed by atoms with Gasteiger partial charge in [0.1, 0.15) is 11.2 Å². The van der Waals surface area contributed by atoms with Crippen LogP contribution in [0.4, 0.5) is 0 Å². The molecule has 0 spiro atoms. The summed E-state index contributed by atoms with van der Waals surface area (Å²) in [6.07, 6.45) is 2.06. The van der Waals surface area contributed by atoms with Gasteiger partial charge in [-0.25, -0.2) is 0 Å². The summed E-state index contributed by atoms with van der Waals surface area (Å²) < 4.78 is 7.74. The van der Waals surface area contributed by atoms with E-state index < -0.39 is 0 Å². The van der Waals surface area contributed by atoms with E-state index in [1.165, 1.54) is 37.9 Å². The van der Waals surface area contributed by atoms with E-state index in [1.807, 2.05) is 0 Å². The highest BCUT2D eigenvalue weighted by Crippen LogP contribution is 2.41. The zero-order valence-corrected chi connectivity index (χ0v) is 21.0. The highest BCUT2D eigenvalue weighted by atomic mass is 32.1. The van der Waals surface area contributed by atoms with E-state index in [9.17, 15) is 0 Å². The predicted octanol–water partition coefficient (Wildman–Crippen LogP) is 9.44. The van der Waals surface area contributed by atoms with Crippen LogP contribution in [0.1, 0.15) is 37.5 Å². The summed E-state index contributed by atoms with van der Waals surface area (Å²) in [7, 11) is 0. The van der Waals surface area contributed by atoms with E-state index in [1.54, 1.807) is 11.3 Å². The Kier molecular flexibility index (Phi) is 4.69. The molecule has 34 heavy (non-hydrogen) atoms. The lowest BCUT2D eigenvalue weighted by Gasteiger charge is -2.25. The molecular weight excluding hydrogens is 434 g/mol. The zero-order chi connectivity index (χ0) is 23.6. The molecule has 0 N–H and O–H groups in total. The molecule has 0 atom stereocenters. The Bertz CT molecular complexity index is 1690. The minimum Gasteiger partial charge on any atom is -0.455 e. The highest BCUT2D eigenvalue weighted by molar-refractivity contribution is 7.17. The van der Waals surface area contributed by atoms with Crippen molar-refractivity contribution >= 4 is 43.4 Å². The number of thiophene rings is 1. The number of benzene rings is 3. The maximum absolute atomic E-state index is 6.46. The van der Waals surface area contributed by atoms with Crippen molar-refractivity contribution in [3.05, 3.63) is 88.9 Å². The Morgan fingerprint density at radius 3 is 2.35 bits per heavy atom. The number of aryl methyl sites for hydroxylation is 2. The quantitative estimate of drug-likeness (QED) is 0.257. The third kappa shape index (κ3) is 3.26. The summed E-state index contributed by atoms with van der Waals surface area (Å²) in [4.78, 5) is 4.99. The predicted molar refractivity (Wildman–Crippen MR) is 146 cm³/mol. The third-order valence-electron chi connectivity index (χ3n) is 6.81. The van der Waals surface area contributed by atoms with Crippen molar-refractivity contribution in [3.8, 4) is 22.4 Å². The fraction of sp³-hybridized carbons (Fsp3) is 0.194. The fourth-order valence-corrected chi connectivity index (χ4v) is 5.93. The second-order valence-corrected chi connectivity index (χ2v) is 11.2. The molecule has 3 heterocycles. The van der Waals surface area contributed by atoms with Crippen molar-refractivity contribution < 1.29 is 4.42 Å². The van der Waals surface area contributed by atoms with Gasteiger partial charge in [-0.2, -0.15) is 0 Å². The molecule has 0 saturated heterocycles. The van der Waals surface area contributed by atoms with Gasteiger partial charge in [-0.1, -0.05) is 51.1 Å². The first-order valence-corrected chi connectivity index (χ1v) is 12.6. The molecule has 0 unspecified atom stereocenters. The molecule has 0 fully saturated rings. The molecule has 6 aromatic rings. The van der Waals surface area contributed by atoms with Gasteiger partial charge < -0.3 is 4.42 Å². The number of hydrogen-bond donors (Lipinski definition) is 0. The zero-order valence-electron chi connectivity index (χ0n) is 20.2. The molecule has 3 aromatic heterocycles. The molecular formula is C31H27NOS. The lowest BCUT2D eigenvalue weighted by Crippen LogP contribution is -2.14. The van der Waals surface area contributed by atoms with Crippen LogP contribution in [0.15, 0.2) is 76.7 Å². The molecule has 168 valence electrons. The number of nitrogens with zero attached hydrogens (tertiary/aromatic N) is 1. The second kappa shape index (κ2) is 7.54. The van der Waals surface area contributed by atoms with Crippen LogP contribution in [0.2, 0.25) is 0 Å². The molecule has 3 heteroatoms. The Labute approximate surface area is 203 Å². The van der Waals surface area contributed by atoms with E-state index in [0.717, 1.165) is 33.2 Å². The van der Waals surface area contributed by atoms with Crippen molar-refractivity contribution in [1.82, 2.24) is 4.98 Å². The standard InChI is InChI=1S/C31H27NOS/c1-18-8-6-9-19(2)29(18)24-17-32-26(16-25(24)31(3,4)5)22-11-7-10-21-23-15-28-20(12-13-34-28)14-27(23)33-30(21)22/h6-17H,1-5H3. The summed E-state index contributed by atoms with van der Waals surface area (Å²) in [5.74, 6) is 0. The number of para-hydroxylation sites is 1. The van der Waals surface area contributed by atoms with Crippen LogP contribution in [0.25, 0.3) is 54.4 Å². The molecule has 0 aliphatic heterocycles. The van der Waals surface area contributed by atoms with Gasteiger partial charge in [-0.05, 0) is 82.6 Å². The molecule has 0 amide bonds. The van der Waals surface area contributed by atoms with Crippen molar-refractivity contribution in [2.24, 2.45) is 0 Å². The van der Waals surface area contributed by atoms with E-state index in [-0.39, 0.29) is 5.41 Å². The minimum absolute atomic E-state index is 0.0338. The molecule has 0 aliphatic carbocycles. The number of fused-ring (bicyclic) bond motifs is 4. The average Bonchev–Trinajstić information content (AvgIpc) is 3.40. The second-order valence-electron chi connectivity index (χ2n) is 10.2. The Morgan fingerprint density at radius 2 is 1.59 bits per heavy atom. The minimum atomic E-state index is -0.0338. The van der Waals surface area contributed by atoms with Gasteiger partial charge in [-0.3, -0.25) is 4.98 Å². The van der Waals surface area contributed by atoms with Gasteiger partial charge in [0.2, 0.25) is 0 Å². The van der Waals surface area contributed by atoms with E-state index in [2.05, 4.69) is 107 Å². The summed E-state index contributed by atoms with van der Waals surface area (Å²) in [6.45, 7) is 11.2. The first-order valence-electron chi connectivity index (χ1n) is 11.7. The summed E-state index contributed by atoms with van der Waals surface area (Å²) in [5, 5.41) is 5.66. The normalized spacial score (nSPS) is 12.3. The van der Waals surface area contributed by atoms with Crippen molar-refractivity contribution in [2.75, 3.05) is 0 Å². The monoisotopic (exact) mass is 461 g/mol. The SMILES string of the molecule is Cc1cccc(C)c1-c1cnc(-c2cccc3c2oc2cc4ccsc4cc23)cc1C(C)(C)C. The van der Waals surface area contributed by atoms with Crippen LogP contribution < -0.4 is 0 Å². The molecule has 6 rings (SSSR count). The number of hydrogen-bond acceptors (Lipinski definition) is 3. The maximum atomic E-state index is 6.46. The van der Waals surface area contributed by atoms with Gasteiger partial charge in [0.15, 0.2) is 0 Å². The van der Waals surface area contributed by atoms with Crippen LogP contribution in [-0.4, -0.2) is 4.98 Å². The molecule has 0 bridgehead atoms. The highest BCUT2D eigenvalue weighted by Gasteiger charge is 2.23.